The summed E-state index contributed by atoms with van der Waals surface area (Å²) in [6.07, 6.45) is 5.11. The van der Waals surface area contributed by atoms with Crippen LogP contribution in [0.4, 0.5) is 0 Å². The third-order valence-corrected chi connectivity index (χ3v) is 4.45. The predicted octanol–water partition coefficient (Wildman–Crippen LogP) is 2.75. The average molecular weight is 270 g/mol. The van der Waals surface area contributed by atoms with E-state index in [1.165, 1.54) is 10.4 Å². The first-order valence-corrected chi connectivity index (χ1v) is 6.86. The molecule has 1 atom stereocenters. The van der Waals surface area contributed by atoms with Gasteiger partial charge in [-0.2, -0.15) is 0 Å². The molecule has 0 saturated carbocycles. The molecule has 4 nitrogen and oxygen atoms in total. The third-order valence-electron chi connectivity index (χ3n) is 3.33. The van der Waals surface area contributed by atoms with Crippen molar-refractivity contribution in [1.82, 2.24) is 15.0 Å². The molecule has 19 heavy (non-hydrogen) atoms. The van der Waals surface area contributed by atoms with Crippen molar-refractivity contribution in [3.63, 3.8) is 0 Å². The summed E-state index contributed by atoms with van der Waals surface area (Å²) in [6, 6.07) is 3.59. The summed E-state index contributed by atoms with van der Waals surface area (Å²) in [5, 5.41) is 1.08. The zero-order chi connectivity index (χ0) is 13.4. The first-order valence-electron chi connectivity index (χ1n) is 6.04. The highest BCUT2D eigenvalue weighted by Gasteiger charge is 2.18. The summed E-state index contributed by atoms with van der Waals surface area (Å²) in [5.74, 6) is 0. The number of thiophene rings is 1. The van der Waals surface area contributed by atoms with Gasteiger partial charge in [0.15, 0.2) is 0 Å². The highest BCUT2D eigenvalue weighted by molar-refractivity contribution is 7.18. The van der Waals surface area contributed by atoms with Gasteiger partial charge in [-0.1, -0.05) is 6.07 Å². The van der Waals surface area contributed by atoms with Crippen molar-refractivity contribution in [2.24, 2.45) is 5.73 Å². The maximum atomic E-state index is 6.33. The molecule has 0 fully saturated rings. The van der Waals surface area contributed by atoms with Gasteiger partial charge >= 0.3 is 0 Å². The number of nitrogens with zero attached hydrogens (tertiary/aromatic N) is 3. The quantitative estimate of drug-likeness (QED) is 0.777. The minimum atomic E-state index is -0.271. The molecule has 0 aliphatic rings. The molecule has 0 radical (unpaired) electrons. The Labute approximate surface area is 115 Å². The van der Waals surface area contributed by atoms with Gasteiger partial charge in [0.1, 0.15) is 11.2 Å². The number of hydrogen-bond acceptors (Lipinski definition) is 5. The van der Waals surface area contributed by atoms with E-state index in [9.17, 15) is 0 Å². The van der Waals surface area contributed by atoms with Crippen molar-refractivity contribution < 1.29 is 0 Å². The molecule has 0 aromatic carbocycles. The van der Waals surface area contributed by atoms with Crippen molar-refractivity contribution in [2.45, 2.75) is 19.9 Å². The molecule has 0 saturated heterocycles. The van der Waals surface area contributed by atoms with Crippen LogP contribution in [0.15, 0.2) is 30.9 Å². The second-order valence-corrected chi connectivity index (χ2v) is 5.69. The fraction of sp³-hybridized carbons (Fsp3) is 0.214. The molecule has 0 bridgehead atoms. The molecular weight excluding hydrogens is 256 g/mol. The Morgan fingerprint density at radius 2 is 2.11 bits per heavy atom. The third kappa shape index (κ3) is 2.01. The monoisotopic (exact) mass is 270 g/mol. The maximum Gasteiger partial charge on any atom is 0.127 e. The minimum Gasteiger partial charge on any atom is -0.319 e. The zero-order valence-electron chi connectivity index (χ0n) is 10.8. The normalized spacial score (nSPS) is 12.8. The van der Waals surface area contributed by atoms with Crippen LogP contribution in [0, 0.1) is 13.8 Å². The fourth-order valence-electron chi connectivity index (χ4n) is 2.16. The van der Waals surface area contributed by atoms with E-state index in [4.69, 9.17) is 5.73 Å². The Balaban J connectivity index is 2.20. The van der Waals surface area contributed by atoms with Crippen molar-refractivity contribution in [2.75, 3.05) is 0 Å². The highest BCUT2D eigenvalue weighted by Crippen LogP contribution is 2.33. The number of fused-ring (bicyclic) bond motifs is 1. The molecule has 5 heteroatoms. The number of pyridine rings is 1. The van der Waals surface area contributed by atoms with E-state index in [1.54, 1.807) is 30.1 Å². The minimum absolute atomic E-state index is 0.271. The van der Waals surface area contributed by atoms with Gasteiger partial charge in [0.25, 0.3) is 0 Å². The lowest BCUT2D eigenvalue weighted by molar-refractivity contribution is 0.828. The Morgan fingerprint density at radius 1 is 1.26 bits per heavy atom. The molecule has 0 aliphatic carbocycles. The summed E-state index contributed by atoms with van der Waals surface area (Å²) in [5.41, 5.74) is 9.39. The highest BCUT2D eigenvalue weighted by atomic mass is 32.1. The van der Waals surface area contributed by atoms with Crippen molar-refractivity contribution in [3.8, 4) is 0 Å². The van der Waals surface area contributed by atoms with E-state index in [-0.39, 0.29) is 6.04 Å². The number of nitrogens with two attached hydrogens (primary N) is 1. The summed E-state index contributed by atoms with van der Waals surface area (Å²) in [4.78, 5) is 15.1. The molecule has 0 spiro atoms. The standard InChI is InChI=1S/C14H14N4S/c1-8-9(2)19-14-11(8)13(17-7-18-14)12(15)10-4-3-5-16-6-10/h3-7,12H,15H2,1-2H3. The molecule has 2 N–H and O–H groups in total. The first-order chi connectivity index (χ1) is 9.18. The van der Waals surface area contributed by atoms with Gasteiger partial charge < -0.3 is 5.73 Å². The molecular formula is C14H14N4S. The lowest BCUT2D eigenvalue weighted by atomic mass is 10.0. The van der Waals surface area contributed by atoms with Gasteiger partial charge in [-0.25, -0.2) is 9.97 Å². The molecule has 3 aromatic heterocycles. The Hall–Kier alpha value is -1.85. The largest absolute Gasteiger partial charge is 0.319 e. The van der Waals surface area contributed by atoms with Crippen LogP contribution in [0.5, 0.6) is 0 Å². The van der Waals surface area contributed by atoms with Gasteiger partial charge in [-0.05, 0) is 31.0 Å². The van der Waals surface area contributed by atoms with Crippen LogP contribution >= 0.6 is 11.3 Å². The van der Waals surface area contributed by atoms with Gasteiger partial charge in [-0.3, -0.25) is 4.98 Å². The van der Waals surface area contributed by atoms with Gasteiger partial charge in [0.05, 0.1) is 11.7 Å². The summed E-state index contributed by atoms with van der Waals surface area (Å²) < 4.78 is 0. The van der Waals surface area contributed by atoms with E-state index < -0.39 is 0 Å². The van der Waals surface area contributed by atoms with Crippen molar-refractivity contribution >= 4 is 21.6 Å². The van der Waals surface area contributed by atoms with E-state index in [1.807, 2.05) is 12.1 Å². The van der Waals surface area contributed by atoms with Crippen LogP contribution in [-0.4, -0.2) is 15.0 Å². The number of rotatable bonds is 2. The van der Waals surface area contributed by atoms with E-state index in [0.717, 1.165) is 21.5 Å². The van der Waals surface area contributed by atoms with Crippen LogP contribution in [-0.2, 0) is 0 Å². The summed E-state index contributed by atoms with van der Waals surface area (Å²) in [6.45, 7) is 4.19. The van der Waals surface area contributed by atoms with Crippen molar-refractivity contribution in [3.05, 3.63) is 52.6 Å². The molecule has 96 valence electrons. The van der Waals surface area contributed by atoms with E-state index in [2.05, 4.69) is 28.8 Å². The molecule has 0 amide bonds. The number of aromatic nitrogens is 3. The second-order valence-electron chi connectivity index (χ2n) is 4.49. The van der Waals surface area contributed by atoms with E-state index in [0.29, 0.717) is 0 Å². The van der Waals surface area contributed by atoms with Gasteiger partial charge in [-0.15, -0.1) is 11.3 Å². The zero-order valence-corrected chi connectivity index (χ0v) is 11.6. The maximum absolute atomic E-state index is 6.33. The molecule has 3 rings (SSSR count). The van der Waals surface area contributed by atoms with Crippen LogP contribution in [0.1, 0.15) is 27.7 Å². The first kappa shape index (κ1) is 12.2. The van der Waals surface area contributed by atoms with Crippen LogP contribution < -0.4 is 5.73 Å². The van der Waals surface area contributed by atoms with Gasteiger partial charge in [0.2, 0.25) is 0 Å². The van der Waals surface area contributed by atoms with Crippen LogP contribution in [0.25, 0.3) is 10.2 Å². The lowest BCUT2D eigenvalue weighted by Crippen LogP contribution is -2.14. The van der Waals surface area contributed by atoms with E-state index >= 15 is 0 Å². The molecule has 3 heterocycles. The summed E-state index contributed by atoms with van der Waals surface area (Å²) in [7, 11) is 0. The second kappa shape index (κ2) is 4.68. The van der Waals surface area contributed by atoms with Gasteiger partial charge in [0, 0.05) is 22.7 Å². The summed E-state index contributed by atoms with van der Waals surface area (Å²) >= 11 is 1.68. The van der Waals surface area contributed by atoms with Crippen LogP contribution in [0.2, 0.25) is 0 Å². The van der Waals surface area contributed by atoms with Crippen molar-refractivity contribution in [1.29, 1.82) is 0 Å². The Bertz CT molecular complexity index is 721. The fourth-order valence-corrected chi connectivity index (χ4v) is 3.17. The number of hydrogen-bond donors (Lipinski definition) is 1. The Morgan fingerprint density at radius 3 is 2.84 bits per heavy atom. The molecule has 3 aromatic rings. The molecule has 0 aliphatic heterocycles. The lowest BCUT2D eigenvalue weighted by Gasteiger charge is -2.12. The predicted molar refractivity (Wildman–Crippen MR) is 77.2 cm³/mol. The molecule has 1 unspecified atom stereocenters. The average Bonchev–Trinajstić information content (AvgIpc) is 2.74. The SMILES string of the molecule is Cc1sc2ncnc(C(N)c3cccnc3)c2c1C. The topological polar surface area (TPSA) is 64.7 Å². The number of aryl methyl sites for hydroxylation is 2. The van der Waals surface area contributed by atoms with Crippen LogP contribution in [0.3, 0.4) is 0 Å². The smallest absolute Gasteiger partial charge is 0.127 e. The Kier molecular flexibility index (Phi) is 3.00.